The predicted octanol–water partition coefficient (Wildman–Crippen LogP) is 4.13. The van der Waals surface area contributed by atoms with E-state index in [4.69, 9.17) is 0 Å². The van der Waals surface area contributed by atoms with Gasteiger partial charge in [0.05, 0.1) is 0 Å². The number of nitrogens with one attached hydrogen (secondary N) is 1. The van der Waals surface area contributed by atoms with E-state index in [9.17, 15) is 4.39 Å². The molecular formula is C18H29FN2. The standard InChI is InChI=1S/C18H29FN2/c1-4-12-20-18(16-10-5-6-11-17(16)19)13-21-14(2)8-7-9-15(21)3/h5-6,10-11,14-15,18,20H,4,7-9,12-13H2,1-3H3. The lowest BCUT2D eigenvalue weighted by molar-refractivity contribution is 0.0903. The molecule has 1 aromatic rings. The fourth-order valence-corrected chi connectivity index (χ4v) is 3.39. The summed E-state index contributed by atoms with van der Waals surface area (Å²) in [6, 6.07) is 8.44. The first-order valence-corrected chi connectivity index (χ1v) is 8.37. The molecule has 0 aromatic heterocycles. The Labute approximate surface area is 128 Å². The third kappa shape index (κ3) is 4.27. The zero-order valence-electron chi connectivity index (χ0n) is 13.6. The van der Waals surface area contributed by atoms with Gasteiger partial charge in [0.2, 0.25) is 0 Å². The Morgan fingerprint density at radius 3 is 2.52 bits per heavy atom. The number of hydrogen-bond acceptors (Lipinski definition) is 2. The topological polar surface area (TPSA) is 15.3 Å². The highest BCUT2D eigenvalue weighted by molar-refractivity contribution is 5.21. The van der Waals surface area contributed by atoms with Gasteiger partial charge in [-0.2, -0.15) is 0 Å². The Hall–Kier alpha value is -0.930. The smallest absolute Gasteiger partial charge is 0.128 e. The van der Waals surface area contributed by atoms with Crippen LogP contribution in [0.25, 0.3) is 0 Å². The van der Waals surface area contributed by atoms with Gasteiger partial charge in [-0.05, 0) is 45.7 Å². The Morgan fingerprint density at radius 2 is 1.90 bits per heavy atom. The van der Waals surface area contributed by atoms with Gasteiger partial charge in [0.15, 0.2) is 0 Å². The van der Waals surface area contributed by atoms with Crippen LogP contribution in [-0.2, 0) is 0 Å². The third-order valence-electron chi connectivity index (χ3n) is 4.69. The first kappa shape index (κ1) is 16.4. The van der Waals surface area contributed by atoms with E-state index in [0.717, 1.165) is 25.1 Å². The first-order valence-electron chi connectivity index (χ1n) is 8.37. The van der Waals surface area contributed by atoms with Crippen LogP contribution >= 0.6 is 0 Å². The summed E-state index contributed by atoms with van der Waals surface area (Å²) in [7, 11) is 0. The highest BCUT2D eigenvalue weighted by Crippen LogP contribution is 2.26. The van der Waals surface area contributed by atoms with Crippen molar-refractivity contribution < 1.29 is 4.39 Å². The van der Waals surface area contributed by atoms with Crippen LogP contribution in [0.3, 0.4) is 0 Å². The number of hydrogen-bond donors (Lipinski definition) is 1. The van der Waals surface area contributed by atoms with Gasteiger partial charge in [-0.3, -0.25) is 4.90 Å². The SMILES string of the molecule is CCCNC(CN1C(C)CCCC1C)c1ccccc1F. The van der Waals surface area contributed by atoms with Crippen LogP contribution in [0.1, 0.15) is 58.1 Å². The van der Waals surface area contributed by atoms with E-state index in [1.165, 1.54) is 19.3 Å². The molecule has 3 heteroatoms. The lowest BCUT2D eigenvalue weighted by Gasteiger charge is -2.41. The van der Waals surface area contributed by atoms with E-state index in [1.54, 1.807) is 12.1 Å². The van der Waals surface area contributed by atoms with Gasteiger partial charge in [-0.1, -0.05) is 31.5 Å². The maximum atomic E-state index is 14.2. The second-order valence-electron chi connectivity index (χ2n) is 6.35. The Bertz CT molecular complexity index is 425. The minimum absolute atomic E-state index is 0.0779. The molecule has 0 amide bonds. The van der Waals surface area contributed by atoms with Crippen molar-refractivity contribution in [3.63, 3.8) is 0 Å². The lowest BCUT2D eigenvalue weighted by atomic mass is 9.95. The third-order valence-corrected chi connectivity index (χ3v) is 4.69. The highest BCUT2D eigenvalue weighted by Gasteiger charge is 2.28. The minimum atomic E-state index is -0.0941. The zero-order valence-corrected chi connectivity index (χ0v) is 13.6. The second-order valence-corrected chi connectivity index (χ2v) is 6.35. The maximum absolute atomic E-state index is 14.2. The van der Waals surface area contributed by atoms with E-state index < -0.39 is 0 Å². The quantitative estimate of drug-likeness (QED) is 0.848. The summed E-state index contributed by atoms with van der Waals surface area (Å²) >= 11 is 0. The van der Waals surface area contributed by atoms with Crippen molar-refractivity contribution in [2.24, 2.45) is 0 Å². The molecule has 1 aliphatic heterocycles. The molecule has 0 aliphatic carbocycles. The summed E-state index contributed by atoms with van der Waals surface area (Å²) in [6.45, 7) is 8.57. The van der Waals surface area contributed by atoms with Crippen LogP contribution in [0, 0.1) is 5.82 Å². The van der Waals surface area contributed by atoms with Crippen LogP contribution in [-0.4, -0.2) is 30.1 Å². The molecule has 1 heterocycles. The molecule has 1 aromatic carbocycles. The van der Waals surface area contributed by atoms with E-state index in [2.05, 4.69) is 31.0 Å². The average molecular weight is 292 g/mol. The minimum Gasteiger partial charge on any atom is -0.309 e. The molecule has 118 valence electrons. The molecule has 0 saturated carbocycles. The number of likely N-dealkylation sites (tertiary alicyclic amines) is 1. The first-order chi connectivity index (χ1) is 10.1. The van der Waals surface area contributed by atoms with Crippen molar-refractivity contribution in [3.8, 4) is 0 Å². The number of rotatable bonds is 6. The van der Waals surface area contributed by atoms with Crippen LogP contribution in [0.4, 0.5) is 4.39 Å². The van der Waals surface area contributed by atoms with Crippen molar-refractivity contribution in [1.29, 1.82) is 0 Å². The van der Waals surface area contributed by atoms with Crippen LogP contribution in [0.15, 0.2) is 24.3 Å². The summed E-state index contributed by atoms with van der Waals surface area (Å²) in [5.74, 6) is -0.0941. The predicted molar refractivity (Wildman–Crippen MR) is 86.9 cm³/mol. The molecule has 0 spiro atoms. The lowest BCUT2D eigenvalue weighted by Crippen LogP contribution is -2.47. The van der Waals surface area contributed by atoms with Crippen LogP contribution < -0.4 is 5.32 Å². The van der Waals surface area contributed by atoms with Gasteiger partial charge in [0.25, 0.3) is 0 Å². The molecule has 3 unspecified atom stereocenters. The summed E-state index contributed by atoms with van der Waals surface area (Å²) in [5.41, 5.74) is 0.802. The van der Waals surface area contributed by atoms with Crippen LogP contribution in [0.5, 0.6) is 0 Å². The molecule has 0 radical (unpaired) electrons. The van der Waals surface area contributed by atoms with Gasteiger partial charge in [0, 0.05) is 30.2 Å². The fraction of sp³-hybridized carbons (Fsp3) is 0.667. The van der Waals surface area contributed by atoms with Crippen molar-refractivity contribution >= 4 is 0 Å². The average Bonchev–Trinajstić information content (AvgIpc) is 2.47. The molecule has 1 fully saturated rings. The van der Waals surface area contributed by atoms with E-state index in [-0.39, 0.29) is 11.9 Å². The second kappa shape index (κ2) is 7.90. The molecule has 2 nitrogen and oxygen atoms in total. The monoisotopic (exact) mass is 292 g/mol. The molecule has 1 saturated heterocycles. The molecule has 3 atom stereocenters. The largest absolute Gasteiger partial charge is 0.309 e. The molecule has 0 bridgehead atoms. The summed E-state index contributed by atoms with van der Waals surface area (Å²) in [4.78, 5) is 2.54. The van der Waals surface area contributed by atoms with Crippen molar-refractivity contribution in [1.82, 2.24) is 10.2 Å². The number of halogens is 1. The van der Waals surface area contributed by atoms with Gasteiger partial charge < -0.3 is 5.32 Å². The van der Waals surface area contributed by atoms with Gasteiger partial charge in [0.1, 0.15) is 5.82 Å². The Kier molecular flexibility index (Phi) is 6.19. The van der Waals surface area contributed by atoms with Crippen molar-refractivity contribution in [2.45, 2.75) is 64.6 Å². The van der Waals surface area contributed by atoms with E-state index in [0.29, 0.717) is 12.1 Å². The van der Waals surface area contributed by atoms with E-state index in [1.807, 2.05) is 12.1 Å². The van der Waals surface area contributed by atoms with Gasteiger partial charge >= 0.3 is 0 Å². The summed E-state index contributed by atoms with van der Waals surface area (Å²) in [5, 5.41) is 3.53. The summed E-state index contributed by atoms with van der Waals surface area (Å²) < 4.78 is 14.2. The Morgan fingerprint density at radius 1 is 1.24 bits per heavy atom. The molecular weight excluding hydrogens is 263 g/mol. The highest BCUT2D eigenvalue weighted by atomic mass is 19.1. The Balaban J connectivity index is 2.14. The number of piperidine rings is 1. The van der Waals surface area contributed by atoms with Crippen molar-refractivity contribution in [2.75, 3.05) is 13.1 Å². The molecule has 2 rings (SSSR count). The normalized spacial score (nSPS) is 25.0. The van der Waals surface area contributed by atoms with E-state index >= 15 is 0 Å². The summed E-state index contributed by atoms with van der Waals surface area (Å²) in [6.07, 6.45) is 4.88. The van der Waals surface area contributed by atoms with Gasteiger partial charge in [-0.15, -0.1) is 0 Å². The number of benzene rings is 1. The maximum Gasteiger partial charge on any atom is 0.128 e. The molecule has 1 aliphatic rings. The molecule has 1 N–H and O–H groups in total. The van der Waals surface area contributed by atoms with Crippen LogP contribution in [0.2, 0.25) is 0 Å². The molecule has 21 heavy (non-hydrogen) atoms. The van der Waals surface area contributed by atoms with Gasteiger partial charge in [-0.25, -0.2) is 4.39 Å². The fourth-order valence-electron chi connectivity index (χ4n) is 3.39. The number of nitrogens with zero attached hydrogens (tertiary/aromatic N) is 1. The zero-order chi connectivity index (χ0) is 15.2. The van der Waals surface area contributed by atoms with Crippen molar-refractivity contribution in [3.05, 3.63) is 35.6 Å².